The first-order valence-corrected chi connectivity index (χ1v) is 15.9. The molecule has 0 heterocycles. The standard InChI is InChI=1S/C26H44O6.C3H7O.O.Ti/c1-20(2)18-16-14-12-10-8-7-9-11-13-15-17-19-26(25(29)30,31-23(27)21(3)4)32-24(28)22(5)6;1-3(2)4;;/h20H,3,5,7-19H2,1-2,4,6H3,(H,29,30);3H,1-2H3;;/q;-1;;+2/p-1. The molecule has 0 aromatic heterocycles. The summed E-state index contributed by atoms with van der Waals surface area (Å²) in [4.78, 5) is 37.8. The SMILES string of the molecule is C=C(C)C(=O)OC(CCCCCCCCCCCCCC(C)C)(OC(=O)C(=C)C)C(=O)[O][Ti](=[O])[O]C(C)C. The first kappa shape index (κ1) is 36.4. The van der Waals surface area contributed by atoms with Crippen LogP contribution in [-0.4, -0.2) is 29.8 Å². The van der Waals surface area contributed by atoms with Crippen LogP contribution in [0.25, 0.3) is 0 Å². The molecule has 0 unspecified atom stereocenters. The van der Waals surface area contributed by atoms with Crippen molar-refractivity contribution in [2.45, 2.75) is 137 Å². The van der Waals surface area contributed by atoms with Gasteiger partial charge in [0.15, 0.2) is 0 Å². The van der Waals surface area contributed by atoms with E-state index < -0.39 is 48.4 Å². The van der Waals surface area contributed by atoms with Crippen molar-refractivity contribution in [2.24, 2.45) is 5.92 Å². The zero-order valence-electron chi connectivity index (χ0n) is 24.5. The second-order valence-corrected chi connectivity index (χ2v) is 12.2. The van der Waals surface area contributed by atoms with Gasteiger partial charge < -0.3 is 0 Å². The molecule has 0 saturated carbocycles. The molecule has 0 aliphatic carbocycles. The molecule has 0 saturated heterocycles. The molecule has 0 aliphatic heterocycles. The minimum absolute atomic E-state index is 0.00488. The topological polar surface area (TPSA) is 105 Å². The van der Waals surface area contributed by atoms with Crippen molar-refractivity contribution in [1.29, 1.82) is 0 Å². The monoisotopic (exact) mass is 574 g/mol. The summed E-state index contributed by atoms with van der Waals surface area (Å²) >= 11 is -3.96. The fourth-order valence-electron chi connectivity index (χ4n) is 3.65. The fourth-order valence-corrected chi connectivity index (χ4v) is 4.81. The molecule has 0 spiro atoms. The molecule has 8 nitrogen and oxygen atoms in total. The van der Waals surface area contributed by atoms with E-state index in [2.05, 4.69) is 27.0 Å². The number of ether oxygens (including phenoxy) is 2. The number of carbonyl (C=O) groups is 3. The van der Waals surface area contributed by atoms with Crippen LogP contribution in [0.5, 0.6) is 0 Å². The zero-order chi connectivity index (χ0) is 29.1. The molecule has 0 aliphatic rings. The number of esters is 2. The van der Waals surface area contributed by atoms with Crippen LogP contribution in [0.2, 0.25) is 0 Å². The molecular formula is C29H50O8Ti. The van der Waals surface area contributed by atoms with E-state index in [1.54, 1.807) is 13.8 Å². The Balaban J connectivity index is 4.95. The van der Waals surface area contributed by atoms with E-state index in [4.69, 9.17) is 16.1 Å². The predicted octanol–water partition coefficient (Wildman–Crippen LogP) is 7.41. The summed E-state index contributed by atoms with van der Waals surface area (Å²) in [6, 6.07) is 0. The molecule has 0 bridgehead atoms. The van der Waals surface area contributed by atoms with Crippen molar-refractivity contribution in [3.8, 4) is 0 Å². The van der Waals surface area contributed by atoms with Crippen molar-refractivity contribution >= 4 is 17.9 Å². The second-order valence-electron chi connectivity index (χ2n) is 10.7. The molecule has 218 valence electrons. The molecular weight excluding hydrogens is 524 g/mol. The van der Waals surface area contributed by atoms with E-state index in [1.165, 1.54) is 58.8 Å². The summed E-state index contributed by atoms with van der Waals surface area (Å²) < 4.78 is 33.0. The molecule has 0 atom stereocenters. The molecule has 0 rings (SSSR count). The van der Waals surface area contributed by atoms with E-state index in [9.17, 15) is 17.7 Å². The van der Waals surface area contributed by atoms with Crippen molar-refractivity contribution in [3.05, 3.63) is 24.3 Å². The molecule has 9 heteroatoms. The molecule has 0 aromatic carbocycles. The Morgan fingerprint density at radius 3 is 1.47 bits per heavy atom. The van der Waals surface area contributed by atoms with Gasteiger partial charge in [0.25, 0.3) is 0 Å². The Kier molecular flexibility index (Phi) is 19.4. The summed E-state index contributed by atoms with van der Waals surface area (Å²) in [5, 5.41) is 0. The number of hydrogen-bond donors (Lipinski definition) is 0. The third kappa shape index (κ3) is 17.1. The van der Waals surface area contributed by atoms with Crippen LogP contribution in [-0.2, 0) is 52.4 Å². The Morgan fingerprint density at radius 2 is 1.11 bits per heavy atom. The average Bonchev–Trinajstić information content (AvgIpc) is 2.80. The maximum atomic E-state index is 13.1. The van der Waals surface area contributed by atoms with Gasteiger partial charge in [0.1, 0.15) is 0 Å². The van der Waals surface area contributed by atoms with Gasteiger partial charge in [0.05, 0.1) is 0 Å². The minimum atomic E-state index is -3.96. The first-order chi connectivity index (χ1) is 17.8. The summed E-state index contributed by atoms with van der Waals surface area (Å²) in [6.45, 7) is 17.7. The van der Waals surface area contributed by atoms with Crippen molar-refractivity contribution in [1.82, 2.24) is 0 Å². The Labute approximate surface area is 237 Å². The number of carbonyl (C=O) groups excluding carboxylic acids is 3. The van der Waals surface area contributed by atoms with Crippen LogP contribution in [0, 0.1) is 5.92 Å². The van der Waals surface area contributed by atoms with Gasteiger partial charge in [-0.1, -0.05) is 39.5 Å². The third-order valence-electron chi connectivity index (χ3n) is 5.82. The van der Waals surface area contributed by atoms with Crippen LogP contribution >= 0.6 is 0 Å². The van der Waals surface area contributed by atoms with Gasteiger partial charge in [-0.05, 0) is 5.92 Å². The summed E-state index contributed by atoms with van der Waals surface area (Å²) in [5.74, 6) is -4.71. The second kappa shape index (κ2) is 20.3. The van der Waals surface area contributed by atoms with Crippen molar-refractivity contribution in [3.63, 3.8) is 0 Å². The summed E-state index contributed by atoms with van der Waals surface area (Å²) in [7, 11) is 0. The van der Waals surface area contributed by atoms with E-state index in [0.29, 0.717) is 6.42 Å². The maximum absolute atomic E-state index is 13.1. The van der Waals surface area contributed by atoms with Gasteiger partial charge in [-0.2, -0.15) is 0 Å². The predicted molar refractivity (Wildman–Crippen MR) is 142 cm³/mol. The zero-order valence-corrected chi connectivity index (χ0v) is 26.1. The summed E-state index contributed by atoms with van der Waals surface area (Å²) in [6.07, 6.45) is 12.6. The summed E-state index contributed by atoms with van der Waals surface area (Å²) in [5.41, 5.74) is 0.00976. The van der Waals surface area contributed by atoms with E-state index in [-0.39, 0.29) is 17.6 Å². The van der Waals surface area contributed by atoms with Crippen molar-refractivity contribution < 1.29 is 52.4 Å². The normalized spacial score (nSPS) is 11.4. The molecule has 0 aromatic rings. The van der Waals surface area contributed by atoms with Crippen LogP contribution < -0.4 is 0 Å². The Morgan fingerprint density at radius 1 is 0.711 bits per heavy atom. The van der Waals surface area contributed by atoms with Gasteiger partial charge in [0.2, 0.25) is 0 Å². The quantitative estimate of drug-likeness (QED) is 0.0433. The average molecular weight is 575 g/mol. The van der Waals surface area contributed by atoms with Gasteiger partial charge in [-0.25, -0.2) is 0 Å². The van der Waals surface area contributed by atoms with Crippen molar-refractivity contribution in [2.75, 3.05) is 0 Å². The van der Waals surface area contributed by atoms with Crippen LogP contribution in [0.3, 0.4) is 0 Å². The van der Waals surface area contributed by atoms with E-state index >= 15 is 0 Å². The molecule has 0 radical (unpaired) electrons. The molecule has 38 heavy (non-hydrogen) atoms. The Bertz CT molecular complexity index is 759. The number of hydrogen-bond acceptors (Lipinski definition) is 8. The van der Waals surface area contributed by atoms with E-state index in [1.807, 2.05) is 0 Å². The number of rotatable bonds is 22. The third-order valence-corrected chi connectivity index (χ3v) is 7.40. The molecule has 0 amide bonds. The van der Waals surface area contributed by atoms with Crippen LogP contribution in [0.15, 0.2) is 24.3 Å². The Hall–Kier alpha value is -1.64. The van der Waals surface area contributed by atoms with Gasteiger partial charge in [0, 0.05) is 0 Å². The first-order valence-electron chi connectivity index (χ1n) is 14.0. The van der Waals surface area contributed by atoms with E-state index in [0.717, 1.165) is 31.6 Å². The molecule has 0 N–H and O–H groups in total. The fraction of sp³-hybridized carbons (Fsp3) is 0.759. The van der Waals surface area contributed by atoms with Crippen LogP contribution in [0.1, 0.15) is 125 Å². The molecule has 0 fully saturated rings. The van der Waals surface area contributed by atoms with Gasteiger partial charge in [-0.3, -0.25) is 0 Å². The number of unbranched alkanes of at least 4 members (excludes halogenated alkanes) is 10. The van der Waals surface area contributed by atoms with Crippen LogP contribution in [0.4, 0.5) is 0 Å². The van der Waals surface area contributed by atoms with Gasteiger partial charge >= 0.3 is 192 Å². The van der Waals surface area contributed by atoms with Gasteiger partial charge in [-0.15, -0.1) is 0 Å².